The van der Waals surface area contributed by atoms with Gasteiger partial charge in [-0.2, -0.15) is 0 Å². The van der Waals surface area contributed by atoms with Gasteiger partial charge in [0, 0.05) is 18.2 Å². The van der Waals surface area contributed by atoms with Gasteiger partial charge in [-0.3, -0.25) is 0 Å². The summed E-state index contributed by atoms with van der Waals surface area (Å²) in [5, 5.41) is 10.4. The van der Waals surface area contributed by atoms with Crippen molar-refractivity contribution >= 4 is 0 Å². The van der Waals surface area contributed by atoms with Gasteiger partial charge in [-0.05, 0) is 31.7 Å². The first kappa shape index (κ1) is 15.9. The highest BCUT2D eigenvalue weighted by molar-refractivity contribution is 5.51. The van der Waals surface area contributed by atoms with Gasteiger partial charge in [0.15, 0.2) is 11.5 Å². The smallest absolute Gasteiger partial charge is 0.164 e. The number of methoxy groups -OCH3 is 3. The Hall–Kier alpha value is -1.46. The third-order valence-corrected chi connectivity index (χ3v) is 3.88. The van der Waals surface area contributed by atoms with E-state index in [9.17, 15) is 5.11 Å². The van der Waals surface area contributed by atoms with Crippen LogP contribution in [0.1, 0.15) is 37.4 Å². The summed E-state index contributed by atoms with van der Waals surface area (Å²) in [6.45, 7) is 0.834. The number of rotatable bonds is 7. The van der Waals surface area contributed by atoms with Crippen LogP contribution in [0.25, 0.3) is 0 Å². The van der Waals surface area contributed by atoms with E-state index in [-0.39, 0.29) is 6.10 Å². The fourth-order valence-electron chi connectivity index (χ4n) is 2.68. The van der Waals surface area contributed by atoms with Crippen LogP contribution in [0, 0.1) is 0 Å². The van der Waals surface area contributed by atoms with Gasteiger partial charge in [-0.25, -0.2) is 0 Å². The molecule has 1 saturated heterocycles. The molecule has 1 heterocycles. The SMILES string of the molecule is COc1cc(OC)c(C(O)CCC2CCCO2)cc1OC. The zero-order valence-electron chi connectivity index (χ0n) is 12.9. The van der Waals surface area contributed by atoms with Crippen molar-refractivity contribution in [2.24, 2.45) is 0 Å². The molecule has 1 fully saturated rings. The fourth-order valence-corrected chi connectivity index (χ4v) is 2.68. The molecule has 1 N–H and O–H groups in total. The van der Waals surface area contributed by atoms with Crippen LogP contribution in [-0.2, 0) is 4.74 Å². The fraction of sp³-hybridized carbons (Fsp3) is 0.625. The average Bonchev–Trinajstić information content (AvgIpc) is 3.04. The second-order valence-electron chi connectivity index (χ2n) is 5.18. The summed E-state index contributed by atoms with van der Waals surface area (Å²) in [5.74, 6) is 1.78. The molecule has 21 heavy (non-hydrogen) atoms. The molecule has 2 unspecified atom stereocenters. The van der Waals surface area contributed by atoms with Gasteiger partial charge in [0.1, 0.15) is 5.75 Å². The molecule has 1 aliphatic rings. The molecule has 2 rings (SSSR count). The lowest BCUT2D eigenvalue weighted by molar-refractivity contribution is 0.0805. The third-order valence-electron chi connectivity index (χ3n) is 3.88. The normalized spacial score (nSPS) is 19.3. The molecular formula is C16H24O5. The Kier molecular flexibility index (Phi) is 5.70. The molecule has 1 aromatic carbocycles. The van der Waals surface area contributed by atoms with E-state index in [2.05, 4.69) is 0 Å². The van der Waals surface area contributed by atoms with Crippen molar-refractivity contribution in [3.8, 4) is 17.2 Å². The first-order valence-electron chi connectivity index (χ1n) is 7.29. The quantitative estimate of drug-likeness (QED) is 0.838. The molecule has 2 atom stereocenters. The van der Waals surface area contributed by atoms with E-state index in [1.54, 1.807) is 33.5 Å². The summed E-state index contributed by atoms with van der Waals surface area (Å²) >= 11 is 0. The van der Waals surface area contributed by atoms with Crippen LogP contribution in [0.5, 0.6) is 17.2 Å². The Labute approximate surface area is 125 Å². The van der Waals surface area contributed by atoms with Crippen LogP contribution in [0.4, 0.5) is 0 Å². The molecule has 0 aromatic heterocycles. The Bertz CT molecular complexity index is 454. The molecule has 5 nitrogen and oxygen atoms in total. The maximum atomic E-state index is 10.4. The van der Waals surface area contributed by atoms with Crippen LogP contribution < -0.4 is 14.2 Å². The molecule has 1 aliphatic heterocycles. The van der Waals surface area contributed by atoms with Crippen LogP contribution in [0.15, 0.2) is 12.1 Å². The van der Waals surface area contributed by atoms with Gasteiger partial charge in [0.05, 0.1) is 33.5 Å². The van der Waals surface area contributed by atoms with Crippen molar-refractivity contribution in [3.05, 3.63) is 17.7 Å². The van der Waals surface area contributed by atoms with Crippen molar-refractivity contribution < 1.29 is 24.1 Å². The lowest BCUT2D eigenvalue weighted by atomic mass is 10.0. The van der Waals surface area contributed by atoms with E-state index in [1.807, 2.05) is 0 Å². The molecule has 118 valence electrons. The minimum atomic E-state index is -0.607. The minimum Gasteiger partial charge on any atom is -0.496 e. The lowest BCUT2D eigenvalue weighted by Crippen LogP contribution is -2.09. The van der Waals surface area contributed by atoms with Gasteiger partial charge < -0.3 is 24.1 Å². The standard InChI is InChI=1S/C16H24O5/c1-18-14-10-16(20-3)15(19-2)9-12(14)13(17)7-6-11-5-4-8-21-11/h9-11,13,17H,4-8H2,1-3H3. The molecule has 5 heteroatoms. The summed E-state index contributed by atoms with van der Waals surface area (Å²) in [7, 11) is 4.73. The predicted octanol–water partition coefficient (Wildman–Crippen LogP) is 2.71. The predicted molar refractivity (Wildman–Crippen MR) is 79.3 cm³/mol. The zero-order valence-corrected chi connectivity index (χ0v) is 12.9. The summed E-state index contributed by atoms with van der Waals surface area (Å²) in [6, 6.07) is 3.52. The zero-order chi connectivity index (χ0) is 15.2. The highest BCUT2D eigenvalue weighted by Gasteiger charge is 2.21. The van der Waals surface area contributed by atoms with Gasteiger partial charge in [0.2, 0.25) is 0 Å². The molecule has 0 spiro atoms. The van der Waals surface area contributed by atoms with Gasteiger partial charge >= 0.3 is 0 Å². The second kappa shape index (κ2) is 7.52. The first-order valence-corrected chi connectivity index (χ1v) is 7.29. The Morgan fingerprint density at radius 3 is 2.38 bits per heavy atom. The Morgan fingerprint density at radius 2 is 1.81 bits per heavy atom. The van der Waals surface area contributed by atoms with Crippen molar-refractivity contribution in [2.45, 2.75) is 37.9 Å². The van der Waals surface area contributed by atoms with E-state index in [4.69, 9.17) is 18.9 Å². The second-order valence-corrected chi connectivity index (χ2v) is 5.18. The summed E-state index contributed by atoms with van der Waals surface area (Å²) < 4.78 is 21.5. The molecule has 0 aliphatic carbocycles. The molecular weight excluding hydrogens is 272 g/mol. The van der Waals surface area contributed by atoms with Crippen molar-refractivity contribution in [2.75, 3.05) is 27.9 Å². The molecule has 1 aromatic rings. The highest BCUT2D eigenvalue weighted by Crippen LogP contribution is 2.39. The Morgan fingerprint density at radius 1 is 1.14 bits per heavy atom. The maximum absolute atomic E-state index is 10.4. The lowest BCUT2D eigenvalue weighted by Gasteiger charge is -2.19. The van der Waals surface area contributed by atoms with E-state index in [1.165, 1.54) is 0 Å². The van der Waals surface area contributed by atoms with Gasteiger partial charge in [0.25, 0.3) is 0 Å². The first-order chi connectivity index (χ1) is 10.2. The van der Waals surface area contributed by atoms with Crippen LogP contribution >= 0.6 is 0 Å². The molecule has 0 radical (unpaired) electrons. The average molecular weight is 296 g/mol. The third kappa shape index (κ3) is 3.80. The highest BCUT2D eigenvalue weighted by atomic mass is 16.5. The van der Waals surface area contributed by atoms with Crippen molar-refractivity contribution in [1.29, 1.82) is 0 Å². The van der Waals surface area contributed by atoms with Crippen molar-refractivity contribution in [1.82, 2.24) is 0 Å². The number of hydrogen-bond donors (Lipinski definition) is 1. The number of aliphatic hydroxyl groups is 1. The minimum absolute atomic E-state index is 0.269. The van der Waals surface area contributed by atoms with E-state index in [0.717, 1.165) is 25.9 Å². The number of hydrogen-bond acceptors (Lipinski definition) is 5. The van der Waals surface area contributed by atoms with Crippen LogP contribution in [0.2, 0.25) is 0 Å². The van der Waals surface area contributed by atoms with Gasteiger partial charge in [-0.15, -0.1) is 0 Å². The molecule has 0 bridgehead atoms. The van der Waals surface area contributed by atoms with E-state index in [0.29, 0.717) is 29.2 Å². The maximum Gasteiger partial charge on any atom is 0.164 e. The van der Waals surface area contributed by atoms with E-state index < -0.39 is 6.10 Å². The Balaban J connectivity index is 2.12. The topological polar surface area (TPSA) is 57.2 Å². The number of benzene rings is 1. The number of aliphatic hydroxyl groups excluding tert-OH is 1. The van der Waals surface area contributed by atoms with Crippen molar-refractivity contribution in [3.63, 3.8) is 0 Å². The van der Waals surface area contributed by atoms with Crippen LogP contribution in [-0.4, -0.2) is 39.1 Å². The largest absolute Gasteiger partial charge is 0.496 e. The molecule has 0 saturated carbocycles. The summed E-state index contributed by atoms with van der Waals surface area (Å²) in [5.41, 5.74) is 0.716. The molecule has 0 amide bonds. The summed E-state index contributed by atoms with van der Waals surface area (Å²) in [6.07, 6.45) is 3.33. The van der Waals surface area contributed by atoms with Crippen LogP contribution in [0.3, 0.4) is 0 Å². The van der Waals surface area contributed by atoms with E-state index >= 15 is 0 Å². The number of ether oxygens (including phenoxy) is 4. The summed E-state index contributed by atoms with van der Waals surface area (Å²) in [4.78, 5) is 0. The van der Waals surface area contributed by atoms with Gasteiger partial charge in [-0.1, -0.05) is 0 Å². The monoisotopic (exact) mass is 296 g/mol.